The molecule has 2 aromatic heterocycles. The van der Waals surface area contributed by atoms with Gasteiger partial charge in [-0.1, -0.05) is 5.16 Å². The predicted octanol–water partition coefficient (Wildman–Crippen LogP) is -4.86. The number of amides is 4. The van der Waals surface area contributed by atoms with Gasteiger partial charge in [0.25, 0.3) is 11.8 Å². The number of aromatic nitrogens is 4. The number of hydrogen-bond donors (Lipinski definition) is 8. The molecular weight excluding hydrogens is 715 g/mol. The quantitative estimate of drug-likeness (QED) is 0.0345. The second kappa shape index (κ2) is 15.7. The first-order chi connectivity index (χ1) is 24.0. The van der Waals surface area contributed by atoms with Crippen molar-refractivity contribution in [3.63, 3.8) is 0 Å². The minimum atomic E-state index is -1.84. The van der Waals surface area contributed by atoms with Crippen LogP contribution in [-0.4, -0.2) is 107 Å². The van der Waals surface area contributed by atoms with Gasteiger partial charge in [-0.2, -0.15) is 9.36 Å². The zero-order chi connectivity index (χ0) is 37.8. The number of nitrogens with two attached hydrogens (primary N) is 4. The summed E-state index contributed by atoms with van der Waals surface area (Å²) in [6.07, 6.45) is 2.15. The Bertz CT molecular complexity index is 1800. The highest BCUT2D eigenvalue weighted by molar-refractivity contribution is 8.00. The van der Waals surface area contributed by atoms with Crippen LogP contribution in [0.25, 0.3) is 0 Å². The Balaban J connectivity index is 1.53. The van der Waals surface area contributed by atoms with E-state index in [-0.39, 0.29) is 59.8 Å². The van der Waals surface area contributed by atoms with Crippen molar-refractivity contribution in [3.05, 3.63) is 23.3 Å². The maximum atomic E-state index is 13.3. The maximum absolute atomic E-state index is 13.3. The van der Waals surface area contributed by atoms with Gasteiger partial charge < -0.3 is 58.7 Å². The zero-order valence-electron chi connectivity index (χ0n) is 27.6. The molecule has 0 aromatic carbocycles. The molecule has 0 aliphatic carbocycles. The van der Waals surface area contributed by atoms with Gasteiger partial charge in [-0.05, 0) is 33.2 Å². The molecule has 3 atom stereocenters. The summed E-state index contributed by atoms with van der Waals surface area (Å²) in [7, 11) is 1.57. The Labute approximate surface area is 297 Å². The number of nitrogens with one attached hydrogen (secondary N) is 3. The highest BCUT2D eigenvalue weighted by Crippen LogP contribution is 2.40. The van der Waals surface area contributed by atoms with Crippen molar-refractivity contribution >= 4 is 81.2 Å². The van der Waals surface area contributed by atoms with E-state index in [1.807, 2.05) is 0 Å². The van der Waals surface area contributed by atoms with Crippen molar-refractivity contribution in [2.75, 3.05) is 35.6 Å². The van der Waals surface area contributed by atoms with Crippen LogP contribution >= 0.6 is 23.3 Å². The summed E-state index contributed by atoms with van der Waals surface area (Å²) >= 11 is 1.89. The molecule has 1 fully saturated rings. The molecule has 2 aliphatic heterocycles. The summed E-state index contributed by atoms with van der Waals surface area (Å²) in [5, 5.41) is 32.2. The Morgan fingerprint density at radius 1 is 1.25 bits per heavy atom. The number of nitrogen functional groups attached to an aromatic ring is 2. The Morgan fingerprint density at radius 3 is 2.55 bits per heavy atom. The van der Waals surface area contributed by atoms with Crippen LogP contribution in [0.1, 0.15) is 32.5 Å². The number of β-lactam (4-membered cyclic amide) rings is 1. The number of hydrogen-bond acceptors (Lipinski definition) is 17. The molecule has 24 heteroatoms. The van der Waals surface area contributed by atoms with Gasteiger partial charge in [0, 0.05) is 22.9 Å². The van der Waals surface area contributed by atoms with Crippen LogP contribution in [0.2, 0.25) is 0 Å². The van der Waals surface area contributed by atoms with Gasteiger partial charge in [0.2, 0.25) is 35.1 Å². The van der Waals surface area contributed by atoms with Gasteiger partial charge in [-0.25, -0.2) is 4.79 Å². The standard InChI is InChI=1S/C27H37N13O9S2/c1-27(2,25(47)48)49-36-15(19-35-26(31)51-37-19)21(43)34-16-22(44)40-17(24(45)46)11(10-50-23(16)40)8-39-9-13(18(30)38(39)3)33-20(42)12(5-4-6-28)32-14(41)7-29/h9,12,16,23,30H,4-8,10,28-29H2,1-3H3,(H7,31,32,33,34,35,37,41,42,43,45,46,47,48)/b36-15-/t12-,16+,23+/m0/s1. The van der Waals surface area contributed by atoms with Gasteiger partial charge in [-0.3, -0.25) is 24.1 Å². The minimum Gasteiger partial charge on any atom is -0.543 e. The van der Waals surface area contributed by atoms with E-state index in [9.17, 15) is 39.0 Å². The van der Waals surface area contributed by atoms with Crippen molar-refractivity contribution in [1.82, 2.24) is 29.6 Å². The number of anilines is 3. The van der Waals surface area contributed by atoms with Gasteiger partial charge in [0.15, 0.2) is 23.2 Å². The number of nitrogens with zero attached hydrogens (tertiary/aromatic N) is 6. The van der Waals surface area contributed by atoms with Crippen LogP contribution in [0, 0.1) is 0 Å². The number of carbonyl (C=O) groups is 6. The predicted molar refractivity (Wildman–Crippen MR) is 179 cm³/mol. The molecule has 2 aromatic rings. The monoisotopic (exact) mass is 751 g/mol. The van der Waals surface area contributed by atoms with E-state index >= 15 is 0 Å². The topological polar surface area (TPSA) is 345 Å². The largest absolute Gasteiger partial charge is 0.543 e. The van der Waals surface area contributed by atoms with E-state index in [0.717, 1.165) is 28.2 Å². The average Bonchev–Trinajstić information content (AvgIpc) is 3.62. The Morgan fingerprint density at radius 2 is 1.96 bits per heavy atom. The van der Waals surface area contributed by atoms with Gasteiger partial charge >= 0.3 is 5.97 Å². The van der Waals surface area contributed by atoms with E-state index in [0.29, 0.717) is 6.42 Å². The summed E-state index contributed by atoms with van der Waals surface area (Å²) in [6.45, 7) is 2.26. The summed E-state index contributed by atoms with van der Waals surface area (Å²) < 4.78 is 6.88. The molecule has 12 N–H and O–H groups in total. The third kappa shape index (κ3) is 8.35. The van der Waals surface area contributed by atoms with Crippen LogP contribution in [0.3, 0.4) is 0 Å². The molecule has 51 heavy (non-hydrogen) atoms. The number of carboxylic acids is 2. The molecule has 0 spiro atoms. The lowest BCUT2D eigenvalue weighted by Gasteiger charge is -2.50. The number of thioether (sulfide) groups is 1. The van der Waals surface area contributed by atoms with E-state index in [2.05, 4.69) is 30.5 Å². The first-order valence-electron chi connectivity index (χ1n) is 15.1. The summed E-state index contributed by atoms with van der Waals surface area (Å²) in [5.41, 5.74) is 20.4. The van der Waals surface area contributed by atoms with Crippen molar-refractivity contribution in [1.29, 1.82) is 0 Å². The van der Waals surface area contributed by atoms with E-state index in [4.69, 9.17) is 27.8 Å². The highest BCUT2D eigenvalue weighted by atomic mass is 32.2. The fourth-order valence-electron chi connectivity index (χ4n) is 4.84. The molecule has 4 amide bonds. The lowest BCUT2D eigenvalue weighted by Crippen LogP contribution is -2.71. The lowest BCUT2D eigenvalue weighted by atomic mass is 10.0. The Kier molecular flexibility index (Phi) is 11.8. The van der Waals surface area contributed by atoms with Crippen LogP contribution in [0.5, 0.6) is 0 Å². The molecule has 276 valence electrons. The van der Waals surface area contributed by atoms with Gasteiger partial charge in [0.05, 0.1) is 25.3 Å². The molecular formula is C27H37N13O9S2. The van der Waals surface area contributed by atoms with Crippen LogP contribution < -0.4 is 48.7 Å². The number of carboxylic acid groups (broad SMARTS) is 2. The molecule has 1 saturated heterocycles. The van der Waals surface area contributed by atoms with E-state index in [1.54, 1.807) is 7.05 Å². The molecule has 4 heterocycles. The second-order valence-electron chi connectivity index (χ2n) is 11.7. The molecule has 2 aliphatic rings. The van der Waals surface area contributed by atoms with E-state index < -0.39 is 70.0 Å². The van der Waals surface area contributed by atoms with Crippen LogP contribution in [0.15, 0.2) is 22.6 Å². The van der Waals surface area contributed by atoms with Crippen molar-refractivity contribution in [2.24, 2.45) is 23.7 Å². The van der Waals surface area contributed by atoms with E-state index in [1.165, 1.54) is 29.4 Å². The molecule has 0 unspecified atom stereocenters. The third-order valence-corrected chi connectivity index (χ3v) is 9.59. The first kappa shape index (κ1) is 38.5. The number of carbonyl (C=O) groups excluding carboxylic acids is 5. The SMILES string of the molecule is Cn1c(N)c(NC(=O)[C@H](CCCN)NC(=O)CN)c[n+]1CC1=C(C(=O)[O-])N2C(=O)[C@@H](NC(=O)/C(=N\OC(C)(C)C(=O)O)c3nsc(N)n3)[C@H]2SC1. The molecule has 4 rings (SSSR count). The summed E-state index contributed by atoms with van der Waals surface area (Å²) in [6, 6.07) is -2.16. The fraction of sp³-hybridized carbons (Fsp3) is 0.481. The second-order valence-corrected chi connectivity index (χ2v) is 13.6. The molecule has 0 radical (unpaired) electrons. The van der Waals surface area contributed by atoms with Crippen molar-refractivity contribution in [3.8, 4) is 0 Å². The smallest absolute Gasteiger partial charge is 0.350 e. The number of fused-ring (bicyclic) bond motifs is 1. The molecule has 0 saturated carbocycles. The number of rotatable bonds is 16. The third-order valence-electron chi connectivity index (χ3n) is 7.71. The normalized spacial score (nSPS) is 18.0. The van der Waals surface area contributed by atoms with Crippen LogP contribution in [0.4, 0.5) is 16.6 Å². The number of oxime groups is 1. The summed E-state index contributed by atoms with van der Waals surface area (Å²) in [5.74, 6) is -6.01. The van der Waals surface area contributed by atoms with Gasteiger partial charge in [0.1, 0.15) is 17.5 Å². The summed E-state index contributed by atoms with van der Waals surface area (Å²) in [4.78, 5) is 85.4. The van der Waals surface area contributed by atoms with Crippen molar-refractivity contribution in [2.45, 2.75) is 56.3 Å². The fourth-order valence-corrected chi connectivity index (χ4v) is 6.61. The lowest BCUT2D eigenvalue weighted by molar-refractivity contribution is -0.765. The molecule has 0 bridgehead atoms. The van der Waals surface area contributed by atoms with Gasteiger partial charge in [-0.15, -0.1) is 21.1 Å². The zero-order valence-corrected chi connectivity index (χ0v) is 29.2. The molecule has 22 nitrogen and oxygen atoms in total. The average molecular weight is 752 g/mol. The first-order valence-corrected chi connectivity index (χ1v) is 17.0. The minimum absolute atomic E-state index is 0.0249. The highest BCUT2D eigenvalue weighted by Gasteiger charge is 2.53. The van der Waals surface area contributed by atoms with Crippen molar-refractivity contribution < 1.29 is 48.5 Å². The number of aliphatic carboxylic acids is 2. The van der Waals surface area contributed by atoms with Crippen LogP contribution in [-0.2, 0) is 47.2 Å². The maximum Gasteiger partial charge on any atom is 0.350 e. The Hall–Kier alpha value is -5.33.